The summed E-state index contributed by atoms with van der Waals surface area (Å²) < 4.78 is 0. The van der Waals surface area contributed by atoms with Crippen molar-refractivity contribution in [3.8, 4) is 0 Å². The van der Waals surface area contributed by atoms with Gasteiger partial charge in [-0.2, -0.15) is 11.8 Å². The Morgan fingerprint density at radius 2 is 1.06 bits per heavy atom. The Morgan fingerprint density at radius 3 is 1.39 bits per heavy atom. The summed E-state index contributed by atoms with van der Waals surface area (Å²) >= 11 is 2.03. The van der Waals surface area contributed by atoms with Crippen LogP contribution in [0.25, 0.3) is 0 Å². The summed E-state index contributed by atoms with van der Waals surface area (Å²) in [5.41, 5.74) is 0. The summed E-state index contributed by atoms with van der Waals surface area (Å²) in [5.74, 6) is 1.38. The molecule has 0 aromatic rings. The second kappa shape index (κ2) is 12.8. The number of rotatable bonds is 13. The molecular weight excluding hydrogens is 255 g/mol. The molecule has 18 heavy (non-hydrogen) atoms. The third kappa shape index (κ3) is 8.81. The molecule has 0 aliphatic heterocycles. The first kappa shape index (κ1) is 18.8. The van der Waals surface area contributed by atoms with Crippen LogP contribution in [0.4, 0.5) is 0 Å². The number of unbranched alkanes of at least 4 members (excludes halogenated alkanes) is 3. The van der Waals surface area contributed by atoms with Gasteiger partial charge in [0.1, 0.15) is 0 Å². The van der Waals surface area contributed by atoms with Crippen LogP contribution in [-0.4, -0.2) is 36.7 Å². The molecule has 0 radical (unpaired) electrons. The third-order valence-corrected chi connectivity index (χ3v) is 9.70. The van der Waals surface area contributed by atoms with Crippen LogP contribution in [0.2, 0.25) is 0 Å². The second-order valence-electron chi connectivity index (χ2n) is 5.64. The summed E-state index contributed by atoms with van der Waals surface area (Å²) in [6.45, 7) is 7.07. The van der Waals surface area contributed by atoms with Gasteiger partial charge in [0.25, 0.3) is 0 Å². The van der Waals surface area contributed by atoms with Crippen LogP contribution in [-0.2, 0) is 0 Å². The van der Waals surface area contributed by atoms with Crippen LogP contribution < -0.4 is 0 Å². The molecule has 110 valence electrons. The molecule has 0 nitrogen and oxygen atoms in total. The molecule has 0 aliphatic carbocycles. The SMILES string of the molecule is CCCC[P+](CCCC)(CCCC)CCCSC. The van der Waals surface area contributed by atoms with E-state index in [1.54, 1.807) is 24.6 Å². The van der Waals surface area contributed by atoms with Gasteiger partial charge >= 0.3 is 0 Å². The Bertz CT molecular complexity index is 149. The zero-order valence-electron chi connectivity index (χ0n) is 13.3. The van der Waals surface area contributed by atoms with Gasteiger partial charge in [-0.15, -0.1) is 0 Å². The van der Waals surface area contributed by atoms with E-state index in [0.29, 0.717) is 0 Å². The fraction of sp³-hybridized carbons (Fsp3) is 1.00. The van der Waals surface area contributed by atoms with Crippen LogP contribution in [0.15, 0.2) is 0 Å². The molecule has 0 aromatic heterocycles. The molecular formula is C16H36PS+. The quantitative estimate of drug-likeness (QED) is 0.289. The molecule has 2 heteroatoms. The summed E-state index contributed by atoms with van der Waals surface area (Å²) in [6, 6.07) is 0. The van der Waals surface area contributed by atoms with Gasteiger partial charge in [0, 0.05) is 7.26 Å². The largest absolute Gasteiger partial charge is 0.165 e. The molecule has 0 aliphatic rings. The summed E-state index contributed by atoms with van der Waals surface area (Å²) in [5, 5.41) is 0. The average Bonchev–Trinajstić information content (AvgIpc) is 2.40. The van der Waals surface area contributed by atoms with Crippen molar-refractivity contribution in [2.45, 2.75) is 65.7 Å². The standard InChI is InChI=1S/C16H36PS/c1-5-8-12-17(13-9-6-2,14-10-7-3)15-11-16-18-4/h5-16H2,1-4H3/q+1. The molecule has 0 atom stereocenters. The van der Waals surface area contributed by atoms with Crippen molar-refractivity contribution in [2.75, 3.05) is 36.7 Å². The number of hydrogen-bond donors (Lipinski definition) is 0. The Labute approximate surface area is 121 Å². The van der Waals surface area contributed by atoms with Gasteiger partial charge in [0.15, 0.2) is 0 Å². The van der Waals surface area contributed by atoms with Crippen molar-refractivity contribution in [1.82, 2.24) is 0 Å². The van der Waals surface area contributed by atoms with Crippen molar-refractivity contribution in [2.24, 2.45) is 0 Å². The van der Waals surface area contributed by atoms with Crippen molar-refractivity contribution >= 4 is 19.0 Å². The molecule has 0 aromatic carbocycles. The van der Waals surface area contributed by atoms with E-state index >= 15 is 0 Å². The second-order valence-corrected chi connectivity index (χ2v) is 11.1. The summed E-state index contributed by atoms with van der Waals surface area (Å²) in [7, 11) is -0.589. The predicted octanol–water partition coefficient (Wildman–Crippen LogP) is 6.16. The molecule has 0 N–H and O–H groups in total. The van der Waals surface area contributed by atoms with Gasteiger partial charge in [0.2, 0.25) is 0 Å². The maximum absolute atomic E-state index is 2.36. The molecule has 0 amide bonds. The molecule has 0 unspecified atom stereocenters. The minimum absolute atomic E-state index is 0.589. The summed E-state index contributed by atoms with van der Waals surface area (Å²) in [6.07, 6.45) is 18.7. The molecule has 0 fully saturated rings. The summed E-state index contributed by atoms with van der Waals surface area (Å²) in [4.78, 5) is 0. The Hall–Kier alpha value is 0.780. The minimum atomic E-state index is -0.589. The maximum atomic E-state index is 2.36. The first-order chi connectivity index (χ1) is 8.74. The van der Waals surface area contributed by atoms with E-state index in [1.165, 1.54) is 50.7 Å². The maximum Gasteiger partial charge on any atom is 0.0602 e. The van der Waals surface area contributed by atoms with E-state index < -0.39 is 7.26 Å². The first-order valence-corrected chi connectivity index (χ1v) is 12.0. The molecule has 0 heterocycles. The van der Waals surface area contributed by atoms with E-state index in [1.807, 2.05) is 11.8 Å². The van der Waals surface area contributed by atoms with Gasteiger partial charge in [-0.3, -0.25) is 0 Å². The fourth-order valence-corrected chi connectivity index (χ4v) is 8.47. The normalized spacial score (nSPS) is 12.0. The fourth-order valence-electron chi connectivity index (χ4n) is 2.70. The van der Waals surface area contributed by atoms with Crippen molar-refractivity contribution < 1.29 is 0 Å². The van der Waals surface area contributed by atoms with Gasteiger partial charge in [-0.25, -0.2) is 0 Å². The van der Waals surface area contributed by atoms with Gasteiger partial charge < -0.3 is 0 Å². The Morgan fingerprint density at radius 1 is 0.667 bits per heavy atom. The highest BCUT2D eigenvalue weighted by Crippen LogP contribution is 2.61. The zero-order valence-corrected chi connectivity index (χ0v) is 15.1. The first-order valence-electron chi connectivity index (χ1n) is 8.08. The van der Waals surface area contributed by atoms with E-state index in [-0.39, 0.29) is 0 Å². The van der Waals surface area contributed by atoms with Gasteiger partial charge in [-0.05, 0) is 37.7 Å². The van der Waals surface area contributed by atoms with Crippen LogP contribution in [0.1, 0.15) is 65.7 Å². The lowest BCUT2D eigenvalue weighted by Gasteiger charge is -2.28. The topological polar surface area (TPSA) is 0 Å². The van der Waals surface area contributed by atoms with Gasteiger partial charge in [-0.1, -0.05) is 40.0 Å². The zero-order chi connectivity index (χ0) is 13.7. The smallest absolute Gasteiger partial charge is 0.0602 e. The highest BCUT2D eigenvalue weighted by molar-refractivity contribution is 7.98. The van der Waals surface area contributed by atoms with Crippen molar-refractivity contribution in [1.29, 1.82) is 0 Å². The highest BCUT2D eigenvalue weighted by Gasteiger charge is 2.34. The number of hydrogen-bond acceptors (Lipinski definition) is 1. The molecule has 0 spiro atoms. The number of thioether (sulfide) groups is 1. The molecule has 0 saturated heterocycles. The van der Waals surface area contributed by atoms with E-state index in [2.05, 4.69) is 27.0 Å². The minimum Gasteiger partial charge on any atom is -0.165 e. The monoisotopic (exact) mass is 291 g/mol. The molecule has 0 bridgehead atoms. The van der Waals surface area contributed by atoms with E-state index in [0.717, 1.165) is 0 Å². The van der Waals surface area contributed by atoms with Crippen LogP contribution in [0.5, 0.6) is 0 Å². The Kier molecular flexibility index (Phi) is 13.4. The van der Waals surface area contributed by atoms with Crippen LogP contribution >= 0.6 is 19.0 Å². The van der Waals surface area contributed by atoms with Gasteiger partial charge in [0.05, 0.1) is 24.6 Å². The predicted molar refractivity (Wildman–Crippen MR) is 94.1 cm³/mol. The van der Waals surface area contributed by atoms with E-state index in [4.69, 9.17) is 0 Å². The van der Waals surface area contributed by atoms with Crippen molar-refractivity contribution in [3.05, 3.63) is 0 Å². The van der Waals surface area contributed by atoms with Crippen LogP contribution in [0, 0.1) is 0 Å². The third-order valence-electron chi connectivity index (χ3n) is 3.94. The van der Waals surface area contributed by atoms with Crippen molar-refractivity contribution in [3.63, 3.8) is 0 Å². The average molecular weight is 292 g/mol. The molecule has 0 rings (SSSR count). The molecule has 0 saturated carbocycles. The van der Waals surface area contributed by atoms with Crippen LogP contribution in [0.3, 0.4) is 0 Å². The highest BCUT2D eigenvalue weighted by atomic mass is 32.2. The lowest BCUT2D eigenvalue weighted by Crippen LogP contribution is -2.13. The Balaban J connectivity index is 4.41. The lowest BCUT2D eigenvalue weighted by atomic mass is 10.4. The van der Waals surface area contributed by atoms with E-state index in [9.17, 15) is 0 Å². The lowest BCUT2D eigenvalue weighted by molar-refractivity contribution is 0.829.